The van der Waals surface area contributed by atoms with Crippen LogP contribution in [0.4, 0.5) is 0 Å². The standard InChI is InChI=1S/C21H21BrN2O4/c1-14(25)24-20(11-15-13-23-19-8-3-2-7-18(15)19)21(26)28-10-9-27-17-6-4-5-16(22)12-17/h2-8,12-13,20,23H,9-11H2,1H3,(H,24,25)/t20-/m0/s1. The molecule has 0 bridgehead atoms. The van der Waals surface area contributed by atoms with Crippen LogP contribution in [0.25, 0.3) is 10.9 Å². The van der Waals surface area contributed by atoms with Crippen molar-refractivity contribution in [3.8, 4) is 5.75 Å². The van der Waals surface area contributed by atoms with E-state index in [1.807, 2.05) is 54.7 Å². The summed E-state index contributed by atoms with van der Waals surface area (Å²) >= 11 is 3.37. The molecule has 0 aliphatic heterocycles. The summed E-state index contributed by atoms with van der Waals surface area (Å²) in [7, 11) is 0. The highest BCUT2D eigenvalue weighted by Crippen LogP contribution is 2.20. The zero-order valence-corrected chi connectivity index (χ0v) is 17.0. The summed E-state index contributed by atoms with van der Waals surface area (Å²) in [5, 5.41) is 3.69. The van der Waals surface area contributed by atoms with E-state index < -0.39 is 12.0 Å². The van der Waals surface area contributed by atoms with Crippen LogP contribution in [-0.4, -0.2) is 36.1 Å². The molecular formula is C21H21BrN2O4. The first-order chi connectivity index (χ1) is 13.5. The lowest BCUT2D eigenvalue weighted by Gasteiger charge is -2.17. The second kappa shape index (κ2) is 9.41. The van der Waals surface area contributed by atoms with Gasteiger partial charge in [-0.25, -0.2) is 4.79 Å². The summed E-state index contributed by atoms with van der Waals surface area (Å²) in [4.78, 5) is 27.2. The molecule has 0 aliphatic rings. The number of ether oxygens (including phenoxy) is 2. The SMILES string of the molecule is CC(=O)N[C@@H](Cc1c[nH]c2ccccc12)C(=O)OCCOc1cccc(Br)c1. The van der Waals surface area contributed by atoms with Crippen molar-refractivity contribution in [1.29, 1.82) is 0 Å². The number of aromatic amines is 1. The number of para-hydroxylation sites is 1. The smallest absolute Gasteiger partial charge is 0.329 e. The number of benzene rings is 2. The summed E-state index contributed by atoms with van der Waals surface area (Å²) in [5.41, 5.74) is 1.92. The molecule has 0 spiro atoms. The first-order valence-electron chi connectivity index (χ1n) is 8.90. The molecule has 2 N–H and O–H groups in total. The largest absolute Gasteiger partial charge is 0.490 e. The van der Waals surface area contributed by atoms with Crippen LogP contribution >= 0.6 is 15.9 Å². The van der Waals surface area contributed by atoms with E-state index in [-0.39, 0.29) is 19.1 Å². The summed E-state index contributed by atoms with van der Waals surface area (Å²) < 4.78 is 11.8. The normalized spacial score (nSPS) is 11.8. The highest BCUT2D eigenvalue weighted by Gasteiger charge is 2.23. The second-order valence-electron chi connectivity index (χ2n) is 6.29. The third-order valence-corrected chi connectivity index (χ3v) is 4.65. The Morgan fingerprint density at radius 3 is 2.75 bits per heavy atom. The topological polar surface area (TPSA) is 80.4 Å². The van der Waals surface area contributed by atoms with Crippen LogP contribution in [0.2, 0.25) is 0 Å². The van der Waals surface area contributed by atoms with Crippen LogP contribution in [0.15, 0.2) is 59.2 Å². The van der Waals surface area contributed by atoms with Gasteiger partial charge in [0.15, 0.2) is 0 Å². The maximum absolute atomic E-state index is 12.5. The molecule has 6 nitrogen and oxygen atoms in total. The van der Waals surface area contributed by atoms with Gasteiger partial charge in [-0.05, 0) is 29.8 Å². The van der Waals surface area contributed by atoms with Crippen molar-refractivity contribution < 1.29 is 19.1 Å². The summed E-state index contributed by atoms with van der Waals surface area (Å²) in [5.74, 6) is -0.0897. The lowest BCUT2D eigenvalue weighted by molar-refractivity contribution is -0.148. The molecule has 3 aromatic rings. The number of aromatic nitrogens is 1. The minimum Gasteiger partial charge on any atom is -0.490 e. The molecule has 1 heterocycles. The van der Waals surface area contributed by atoms with E-state index in [9.17, 15) is 9.59 Å². The molecule has 7 heteroatoms. The summed E-state index contributed by atoms with van der Waals surface area (Å²) in [6.45, 7) is 1.70. The van der Waals surface area contributed by atoms with Crippen LogP contribution in [-0.2, 0) is 20.7 Å². The van der Waals surface area contributed by atoms with Gasteiger partial charge in [-0.15, -0.1) is 0 Å². The van der Waals surface area contributed by atoms with Crippen molar-refractivity contribution in [3.05, 3.63) is 64.8 Å². The van der Waals surface area contributed by atoms with Crippen molar-refractivity contribution in [2.45, 2.75) is 19.4 Å². The number of H-pyrrole nitrogens is 1. The average molecular weight is 445 g/mol. The lowest BCUT2D eigenvalue weighted by Crippen LogP contribution is -2.42. The van der Waals surface area contributed by atoms with Crippen molar-refractivity contribution in [2.75, 3.05) is 13.2 Å². The molecule has 1 aromatic heterocycles. The van der Waals surface area contributed by atoms with Crippen molar-refractivity contribution in [3.63, 3.8) is 0 Å². The predicted molar refractivity (Wildman–Crippen MR) is 110 cm³/mol. The number of rotatable bonds is 8. The van der Waals surface area contributed by atoms with Gasteiger partial charge in [-0.2, -0.15) is 0 Å². The highest BCUT2D eigenvalue weighted by molar-refractivity contribution is 9.10. The van der Waals surface area contributed by atoms with E-state index >= 15 is 0 Å². The van der Waals surface area contributed by atoms with Gasteiger partial charge < -0.3 is 19.8 Å². The Morgan fingerprint density at radius 1 is 1.14 bits per heavy atom. The Labute approximate surface area is 171 Å². The number of carbonyl (C=O) groups excluding carboxylic acids is 2. The molecule has 0 fully saturated rings. The molecule has 146 valence electrons. The number of carbonyl (C=O) groups is 2. The van der Waals surface area contributed by atoms with Crippen LogP contribution in [0, 0.1) is 0 Å². The molecule has 0 unspecified atom stereocenters. The fourth-order valence-corrected chi connectivity index (χ4v) is 3.30. The fraction of sp³-hybridized carbons (Fsp3) is 0.238. The maximum atomic E-state index is 12.5. The zero-order chi connectivity index (χ0) is 19.9. The Morgan fingerprint density at radius 2 is 1.96 bits per heavy atom. The van der Waals surface area contributed by atoms with Crippen molar-refractivity contribution in [2.24, 2.45) is 0 Å². The van der Waals surface area contributed by atoms with Gasteiger partial charge in [0.2, 0.25) is 5.91 Å². The Bertz CT molecular complexity index is 970. The molecular weight excluding hydrogens is 424 g/mol. The van der Waals surface area contributed by atoms with Crippen LogP contribution < -0.4 is 10.1 Å². The van der Waals surface area contributed by atoms with E-state index in [0.717, 1.165) is 20.9 Å². The number of halogens is 1. The van der Waals surface area contributed by atoms with Gasteiger partial charge in [-0.3, -0.25) is 4.79 Å². The minimum atomic E-state index is -0.762. The first kappa shape index (κ1) is 19.9. The van der Waals surface area contributed by atoms with E-state index in [1.54, 1.807) is 0 Å². The molecule has 1 amide bonds. The molecule has 2 aromatic carbocycles. The summed E-state index contributed by atoms with van der Waals surface area (Å²) in [6, 6.07) is 14.5. The minimum absolute atomic E-state index is 0.0926. The van der Waals surface area contributed by atoms with E-state index in [4.69, 9.17) is 9.47 Å². The van der Waals surface area contributed by atoms with E-state index in [2.05, 4.69) is 26.2 Å². The van der Waals surface area contributed by atoms with E-state index in [1.165, 1.54) is 6.92 Å². The number of nitrogens with one attached hydrogen (secondary N) is 2. The fourth-order valence-electron chi connectivity index (χ4n) is 2.92. The molecule has 3 rings (SSSR count). The van der Waals surface area contributed by atoms with Crippen molar-refractivity contribution in [1.82, 2.24) is 10.3 Å². The quantitative estimate of drug-likeness (QED) is 0.410. The molecule has 0 saturated heterocycles. The monoisotopic (exact) mass is 444 g/mol. The van der Waals surface area contributed by atoms with Gasteiger partial charge in [0, 0.05) is 34.9 Å². The summed E-state index contributed by atoms with van der Waals surface area (Å²) in [6.07, 6.45) is 2.19. The maximum Gasteiger partial charge on any atom is 0.329 e. The molecule has 0 radical (unpaired) electrons. The van der Waals surface area contributed by atoms with Gasteiger partial charge in [0.1, 0.15) is 25.0 Å². The molecule has 0 saturated carbocycles. The van der Waals surface area contributed by atoms with Gasteiger partial charge >= 0.3 is 5.97 Å². The first-order valence-corrected chi connectivity index (χ1v) is 9.69. The van der Waals surface area contributed by atoms with Crippen LogP contribution in [0.1, 0.15) is 12.5 Å². The van der Waals surface area contributed by atoms with Crippen LogP contribution in [0.5, 0.6) is 5.75 Å². The predicted octanol–water partition coefficient (Wildman–Crippen LogP) is 3.60. The third-order valence-electron chi connectivity index (χ3n) is 4.15. The van der Waals surface area contributed by atoms with Gasteiger partial charge in [0.25, 0.3) is 0 Å². The van der Waals surface area contributed by atoms with Gasteiger partial charge in [-0.1, -0.05) is 40.2 Å². The Hall–Kier alpha value is -2.80. The Balaban J connectivity index is 1.57. The van der Waals surface area contributed by atoms with Gasteiger partial charge in [0.05, 0.1) is 0 Å². The molecule has 0 aliphatic carbocycles. The lowest BCUT2D eigenvalue weighted by atomic mass is 10.0. The highest BCUT2D eigenvalue weighted by atomic mass is 79.9. The molecule has 1 atom stereocenters. The number of fused-ring (bicyclic) bond motifs is 1. The van der Waals surface area contributed by atoms with Crippen LogP contribution in [0.3, 0.4) is 0 Å². The Kier molecular flexibility index (Phi) is 6.71. The van der Waals surface area contributed by atoms with Crippen molar-refractivity contribution >= 4 is 38.7 Å². The average Bonchev–Trinajstić information content (AvgIpc) is 3.07. The molecule has 28 heavy (non-hydrogen) atoms. The number of amides is 1. The number of hydrogen-bond acceptors (Lipinski definition) is 4. The second-order valence-corrected chi connectivity index (χ2v) is 7.21. The van der Waals surface area contributed by atoms with E-state index in [0.29, 0.717) is 12.2 Å². The number of hydrogen-bond donors (Lipinski definition) is 2. The zero-order valence-electron chi connectivity index (χ0n) is 15.4. The number of esters is 1. The third kappa shape index (κ3) is 5.36.